The van der Waals surface area contributed by atoms with Crippen LogP contribution < -0.4 is 0 Å². The number of likely N-dealkylation sites (tertiary alicyclic amines) is 1. The first kappa shape index (κ1) is 18.4. The number of rotatable bonds is 1. The predicted molar refractivity (Wildman–Crippen MR) is 86.5 cm³/mol. The maximum Gasteiger partial charge on any atom is 0.416 e. The molecule has 0 radical (unpaired) electrons. The van der Waals surface area contributed by atoms with Crippen LogP contribution in [0.1, 0.15) is 44.7 Å². The van der Waals surface area contributed by atoms with Gasteiger partial charge < -0.3 is 9.64 Å². The Hall–Kier alpha value is -1.98. The van der Waals surface area contributed by atoms with Crippen LogP contribution in [0.5, 0.6) is 0 Å². The maximum absolute atomic E-state index is 12.5. The largest absolute Gasteiger partial charge is 0.444 e. The Kier molecular flexibility index (Phi) is 5.26. The van der Waals surface area contributed by atoms with E-state index >= 15 is 0 Å². The summed E-state index contributed by atoms with van der Waals surface area (Å²) in [5.74, 6) is 0. The average Bonchev–Trinajstić information content (AvgIpc) is 2.46. The fourth-order valence-electron chi connectivity index (χ4n) is 2.45. The highest BCUT2D eigenvalue weighted by atomic mass is 19.4. The van der Waals surface area contributed by atoms with E-state index in [4.69, 9.17) is 4.74 Å². The summed E-state index contributed by atoms with van der Waals surface area (Å²) in [6, 6.07) is 5.11. The average molecular weight is 341 g/mol. The van der Waals surface area contributed by atoms with Gasteiger partial charge in [-0.05, 0) is 51.3 Å². The van der Waals surface area contributed by atoms with E-state index in [1.165, 1.54) is 12.1 Å². The van der Waals surface area contributed by atoms with Crippen LogP contribution in [0.2, 0.25) is 0 Å². The minimum atomic E-state index is -4.32. The van der Waals surface area contributed by atoms with E-state index in [0.717, 1.165) is 23.3 Å². The number of alkyl halides is 3. The van der Waals surface area contributed by atoms with Crippen LogP contribution in [-0.4, -0.2) is 29.7 Å². The van der Waals surface area contributed by atoms with Crippen LogP contribution in [0.25, 0.3) is 6.08 Å². The SMILES string of the molecule is CC(C)(C)OC(=O)N1CCC(=Cc2ccc(C(F)(F)F)cc2)CC1. The van der Waals surface area contributed by atoms with E-state index in [1.807, 2.05) is 26.8 Å². The molecule has 0 unspecified atom stereocenters. The van der Waals surface area contributed by atoms with Crippen molar-refractivity contribution < 1.29 is 22.7 Å². The summed E-state index contributed by atoms with van der Waals surface area (Å²) in [5, 5.41) is 0. The molecule has 2 rings (SSSR count). The first-order chi connectivity index (χ1) is 11.0. The lowest BCUT2D eigenvalue weighted by molar-refractivity contribution is -0.137. The van der Waals surface area contributed by atoms with Crippen LogP contribution in [0.3, 0.4) is 0 Å². The molecule has 0 N–H and O–H groups in total. The normalized spacial score (nSPS) is 16.1. The lowest BCUT2D eigenvalue weighted by atomic mass is 10.0. The highest BCUT2D eigenvalue weighted by Gasteiger charge is 2.30. The quantitative estimate of drug-likeness (QED) is 0.709. The molecule has 1 heterocycles. The molecule has 132 valence electrons. The molecule has 0 saturated carbocycles. The van der Waals surface area contributed by atoms with E-state index in [9.17, 15) is 18.0 Å². The van der Waals surface area contributed by atoms with Crippen molar-refractivity contribution >= 4 is 12.2 Å². The summed E-state index contributed by atoms with van der Waals surface area (Å²) < 4.78 is 43.0. The van der Waals surface area contributed by atoms with E-state index in [1.54, 1.807) is 4.90 Å². The van der Waals surface area contributed by atoms with Gasteiger partial charge in [0.05, 0.1) is 5.56 Å². The number of piperidine rings is 1. The van der Waals surface area contributed by atoms with E-state index in [0.29, 0.717) is 25.9 Å². The van der Waals surface area contributed by atoms with Gasteiger partial charge in [-0.15, -0.1) is 0 Å². The molecular weight excluding hydrogens is 319 g/mol. The van der Waals surface area contributed by atoms with Crippen molar-refractivity contribution in [3.63, 3.8) is 0 Å². The van der Waals surface area contributed by atoms with E-state index in [2.05, 4.69) is 0 Å². The molecule has 6 heteroatoms. The number of benzene rings is 1. The Morgan fingerprint density at radius 1 is 1.08 bits per heavy atom. The zero-order chi connectivity index (χ0) is 18.0. The summed E-state index contributed by atoms with van der Waals surface area (Å²) in [5.41, 5.74) is 0.690. The van der Waals surface area contributed by atoms with Crippen molar-refractivity contribution in [3.05, 3.63) is 41.0 Å². The second-order valence-corrected chi connectivity index (χ2v) is 6.89. The number of carbonyl (C=O) groups excluding carboxylic acids is 1. The molecule has 0 aromatic heterocycles. The van der Waals surface area contributed by atoms with Gasteiger partial charge >= 0.3 is 12.3 Å². The van der Waals surface area contributed by atoms with Crippen molar-refractivity contribution in [1.29, 1.82) is 0 Å². The lowest BCUT2D eigenvalue weighted by Crippen LogP contribution is -2.40. The molecule has 0 atom stereocenters. The van der Waals surface area contributed by atoms with Crippen molar-refractivity contribution in [2.45, 2.75) is 45.4 Å². The van der Waals surface area contributed by atoms with Crippen LogP contribution in [0, 0.1) is 0 Å². The van der Waals surface area contributed by atoms with Gasteiger partial charge in [-0.25, -0.2) is 4.79 Å². The van der Waals surface area contributed by atoms with Crippen LogP contribution in [-0.2, 0) is 10.9 Å². The lowest BCUT2D eigenvalue weighted by Gasteiger charge is -2.31. The number of amides is 1. The third-order valence-electron chi connectivity index (χ3n) is 3.67. The second-order valence-electron chi connectivity index (χ2n) is 6.89. The summed E-state index contributed by atoms with van der Waals surface area (Å²) in [7, 11) is 0. The minimum Gasteiger partial charge on any atom is -0.444 e. The number of ether oxygens (including phenoxy) is 1. The fourth-order valence-corrected chi connectivity index (χ4v) is 2.45. The molecule has 1 aliphatic rings. The first-order valence-corrected chi connectivity index (χ1v) is 7.89. The predicted octanol–water partition coefficient (Wildman–Crippen LogP) is 5.12. The molecule has 0 bridgehead atoms. The molecular formula is C18H22F3NO2. The molecule has 0 spiro atoms. The molecule has 1 saturated heterocycles. The monoisotopic (exact) mass is 341 g/mol. The van der Waals surface area contributed by atoms with Gasteiger partial charge in [0.1, 0.15) is 5.60 Å². The summed E-state index contributed by atoms with van der Waals surface area (Å²) >= 11 is 0. The third kappa shape index (κ3) is 5.28. The zero-order valence-electron chi connectivity index (χ0n) is 14.1. The molecule has 1 aliphatic heterocycles. The highest BCUT2D eigenvalue weighted by molar-refractivity contribution is 5.68. The number of nitrogens with zero attached hydrogens (tertiary/aromatic N) is 1. The number of hydrogen-bond donors (Lipinski definition) is 0. The van der Waals surface area contributed by atoms with Gasteiger partial charge in [0.25, 0.3) is 0 Å². The van der Waals surface area contributed by atoms with E-state index in [-0.39, 0.29) is 6.09 Å². The van der Waals surface area contributed by atoms with Gasteiger partial charge in [0.15, 0.2) is 0 Å². The highest BCUT2D eigenvalue weighted by Crippen LogP contribution is 2.29. The first-order valence-electron chi connectivity index (χ1n) is 7.89. The second kappa shape index (κ2) is 6.87. The van der Waals surface area contributed by atoms with Gasteiger partial charge in [0.2, 0.25) is 0 Å². The van der Waals surface area contributed by atoms with Crippen molar-refractivity contribution in [2.75, 3.05) is 13.1 Å². The Bertz CT molecular complexity index is 603. The van der Waals surface area contributed by atoms with Crippen molar-refractivity contribution in [3.8, 4) is 0 Å². The van der Waals surface area contributed by atoms with Gasteiger partial charge in [0, 0.05) is 13.1 Å². The smallest absolute Gasteiger partial charge is 0.416 e. The summed E-state index contributed by atoms with van der Waals surface area (Å²) in [4.78, 5) is 13.6. The molecule has 3 nitrogen and oxygen atoms in total. The third-order valence-corrected chi connectivity index (χ3v) is 3.67. The Balaban J connectivity index is 1.94. The number of carbonyl (C=O) groups is 1. The zero-order valence-corrected chi connectivity index (χ0v) is 14.1. The van der Waals surface area contributed by atoms with Crippen LogP contribution >= 0.6 is 0 Å². The molecule has 0 aliphatic carbocycles. The van der Waals surface area contributed by atoms with Crippen LogP contribution in [0.15, 0.2) is 29.8 Å². The topological polar surface area (TPSA) is 29.5 Å². The Morgan fingerprint density at radius 3 is 2.08 bits per heavy atom. The molecule has 1 aromatic carbocycles. The molecule has 24 heavy (non-hydrogen) atoms. The van der Waals surface area contributed by atoms with Gasteiger partial charge in [-0.1, -0.05) is 23.8 Å². The Morgan fingerprint density at radius 2 is 1.62 bits per heavy atom. The summed E-state index contributed by atoms with van der Waals surface area (Å²) in [6.07, 6.45) is -1.35. The standard InChI is InChI=1S/C18H22F3NO2/c1-17(2,3)24-16(23)22-10-8-14(9-11-22)12-13-4-6-15(7-5-13)18(19,20)21/h4-7,12H,8-11H2,1-3H3. The number of hydrogen-bond acceptors (Lipinski definition) is 2. The number of halogens is 3. The van der Waals surface area contributed by atoms with Gasteiger partial charge in [-0.2, -0.15) is 13.2 Å². The van der Waals surface area contributed by atoms with Crippen molar-refractivity contribution in [2.24, 2.45) is 0 Å². The van der Waals surface area contributed by atoms with E-state index < -0.39 is 17.3 Å². The van der Waals surface area contributed by atoms with Crippen molar-refractivity contribution in [1.82, 2.24) is 4.90 Å². The van der Waals surface area contributed by atoms with Crippen LogP contribution in [0.4, 0.5) is 18.0 Å². The molecule has 1 amide bonds. The van der Waals surface area contributed by atoms with Gasteiger partial charge in [-0.3, -0.25) is 0 Å². The minimum absolute atomic E-state index is 0.323. The summed E-state index contributed by atoms with van der Waals surface area (Å²) in [6.45, 7) is 6.59. The maximum atomic E-state index is 12.5. The Labute approximate surface area is 140 Å². The molecule has 1 fully saturated rings. The molecule has 1 aromatic rings. The fraction of sp³-hybridized carbons (Fsp3) is 0.500.